The van der Waals surface area contributed by atoms with Crippen molar-refractivity contribution in [2.45, 2.75) is 6.92 Å². The van der Waals surface area contributed by atoms with Crippen LogP contribution in [0.3, 0.4) is 0 Å². The lowest BCUT2D eigenvalue weighted by molar-refractivity contribution is -0.135. The number of carboxylic acids is 1. The summed E-state index contributed by atoms with van der Waals surface area (Å²) in [5, 5.41) is 7.95. The van der Waals surface area contributed by atoms with E-state index in [0.717, 1.165) is 12.3 Å². The van der Waals surface area contributed by atoms with Gasteiger partial charge in [0.15, 0.2) is 0 Å². The molecule has 1 N–H and O–H groups in total. The highest BCUT2D eigenvalue weighted by atomic mass is 16.5. The zero-order valence-electron chi connectivity index (χ0n) is 4.83. The summed E-state index contributed by atoms with van der Waals surface area (Å²) in [5.74, 6) is -1.68. The van der Waals surface area contributed by atoms with Crippen molar-refractivity contribution in [3.63, 3.8) is 0 Å². The van der Waals surface area contributed by atoms with E-state index in [1.165, 1.54) is 6.92 Å². The van der Waals surface area contributed by atoms with Crippen molar-refractivity contribution < 1.29 is 19.4 Å². The molecule has 0 saturated carbocycles. The number of carbonyl (C=O) groups is 2. The highest BCUT2D eigenvalue weighted by molar-refractivity contribution is 5.79. The van der Waals surface area contributed by atoms with Gasteiger partial charge in [0.2, 0.25) is 0 Å². The van der Waals surface area contributed by atoms with Gasteiger partial charge >= 0.3 is 11.9 Å². The second-order valence-electron chi connectivity index (χ2n) is 1.25. The maximum Gasteiger partial charge on any atom is 0.331 e. The number of rotatable bonds is 2. The zero-order valence-corrected chi connectivity index (χ0v) is 4.83. The minimum Gasteiger partial charge on any atom is -0.478 e. The summed E-state index contributed by atoms with van der Waals surface area (Å²) >= 11 is 0. The smallest absolute Gasteiger partial charge is 0.331 e. The Hall–Kier alpha value is -1.32. The zero-order chi connectivity index (χ0) is 7.28. The van der Waals surface area contributed by atoms with Crippen LogP contribution < -0.4 is 0 Å². The normalized spacial score (nSPS) is 9.44. The van der Waals surface area contributed by atoms with Crippen molar-refractivity contribution >= 4 is 11.9 Å². The molecule has 0 unspecified atom stereocenters. The minimum atomic E-state index is -1.14. The minimum absolute atomic E-state index is 0.535. The van der Waals surface area contributed by atoms with Gasteiger partial charge < -0.3 is 9.84 Å². The number of aliphatic carboxylic acids is 1. The highest BCUT2D eigenvalue weighted by Crippen LogP contribution is 1.77. The van der Waals surface area contributed by atoms with Crippen molar-refractivity contribution in [3.05, 3.63) is 12.3 Å². The van der Waals surface area contributed by atoms with E-state index in [1.807, 2.05) is 0 Å². The summed E-state index contributed by atoms with van der Waals surface area (Å²) in [5.41, 5.74) is 0. The van der Waals surface area contributed by atoms with Crippen molar-refractivity contribution in [2.75, 3.05) is 0 Å². The van der Waals surface area contributed by atoms with E-state index in [1.54, 1.807) is 0 Å². The average molecular weight is 130 g/mol. The summed E-state index contributed by atoms with van der Waals surface area (Å²) in [6.07, 6.45) is 1.56. The molecule has 0 rings (SSSR count). The maximum atomic E-state index is 9.96. The van der Waals surface area contributed by atoms with E-state index in [2.05, 4.69) is 4.74 Å². The third-order valence-corrected chi connectivity index (χ3v) is 0.445. The van der Waals surface area contributed by atoms with Crippen LogP contribution >= 0.6 is 0 Å². The molecule has 0 aromatic carbocycles. The van der Waals surface area contributed by atoms with Crippen molar-refractivity contribution in [2.24, 2.45) is 0 Å². The van der Waals surface area contributed by atoms with Gasteiger partial charge in [-0.2, -0.15) is 0 Å². The Bertz CT molecular complexity index is 147. The largest absolute Gasteiger partial charge is 0.478 e. The van der Waals surface area contributed by atoms with Gasteiger partial charge in [0, 0.05) is 6.92 Å². The fourth-order valence-electron chi connectivity index (χ4n) is 0.188. The van der Waals surface area contributed by atoms with Gasteiger partial charge in [-0.25, -0.2) is 4.79 Å². The summed E-state index contributed by atoms with van der Waals surface area (Å²) in [6, 6.07) is 0. The molecule has 0 aromatic heterocycles. The molecule has 0 bridgehead atoms. The van der Waals surface area contributed by atoms with E-state index >= 15 is 0 Å². The van der Waals surface area contributed by atoms with Crippen LogP contribution in [0, 0.1) is 0 Å². The molecule has 4 heteroatoms. The van der Waals surface area contributed by atoms with Gasteiger partial charge in [0.25, 0.3) is 0 Å². The Morgan fingerprint density at radius 1 is 1.56 bits per heavy atom. The van der Waals surface area contributed by atoms with Crippen LogP contribution in [0.15, 0.2) is 12.3 Å². The van der Waals surface area contributed by atoms with E-state index in [0.29, 0.717) is 0 Å². The first kappa shape index (κ1) is 7.68. The van der Waals surface area contributed by atoms with Crippen LogP contribution in [0.4, 0.5) is 0 Å². The molecule has 0 amide bonds. The van der Waals surface area contributed by atoms with E-state index in [-0.39, 0.29) is 0 Å². The van der Waals surface area contributed by atoms with Gasteiger partial charge in [-0.15, -0.1) is 0 Å². The summed E-state index contributed by atoms with van der Waals surface area (Å²) < 4.78 is 4.15. The summed E-state index contributed by atoms with van der Waals surface area (Å²) in [7, 11) is 0. The van der Waals surface area contributed by atoms with Gasteiger partial charge in [-0.3, -0.25) is 4.79 Å². The molecule has 0 heterocycles. The predicted octanol–water partition coefficient (Wildman–Crippen LogP) is 0.148. The Morgan fingerprint density at radius 2 is 2.11 bits per heavy atom. The molecule has 0 atom stereocenters. The number of hydrogen-bond donors (Lipinski definition) is 1. The molecule has 0 aromatic rings. The third kappa shape index (κ3) is 6.68. The lowest BCUT2D eigenvalue weighted by atomic mass is 10.6. The average Bonchev–Trinajstić information content (AvgIpc) is 1.63. The van der Waals surface area contributed by atoms with E-state index in [9.17, 15) is 9.59 Å². The molecule has 4 nitrogen and oxygen atoms in total. The first-order valence-electron chi connectivity index (χ1n) is 2.19. The lowest BCUT2D eigenvalue weighted by Crippen LogP contribution is -1.92. The van der Waals surface area contributed by atoms with Crippen molar-refractivity contribution in [1.82, 2.24) is 0 Å². The summed E-state index contributed by atoms with van der Waals surface area (Å²) in [4.78, 5) is 19.7. The molecule has 0 radical (unpaired) electrons. The second kappa shape index (κ2) is 3.65. The fourth-order valence-corrected chi connectivity index (χ4v) is 0.188. The molecular weight excluding hydrogens is 124 g/mol. The van der Waals surface area contributed by atoms with Crippen LogP contribution in [0.2, 0.25) is 0 Å². The lowest BCUT2D eigenvalue weighted by Gasteiger charge is -1.86. The van der Waals surface area contributed by atoms with Crippen molar-refractivity contribution in [1.29, 1.82) is 0 Å². The second-order valence-corrected chi connectivity index (χ2v) is 1.25. The quantitative estimate of drug-likeness (QED) is 0.328. The van der Waals surface area contributed by atoms with Crippen LogP contribution in [-0.2, 0) is 14.3 Å². The third-order valence-electron chi connectivity index (χ3n) is 0.445. The monoisotopic (exact) mass is 130 g/mol. The summed E-state index contributed by atoms with van der Waals surface area (Å²) in [6.45, 7) is 1.19. The molecule has 0 saturated heterocycles. The number of carboxylic acid groups (broad SMARTS) is 1. The first-order valence-corrected chi connectivity index (χ1v) is 2.19. The molecule has 50 valence electrons. The first-order chi connectivity index (χ1) is 4.13. The Labute approximate surface area is 51.7 Å². The number of ether oxygens (including phenoxy) is 1. The maximum absolute atomic E-state index is 9.96. The topological polar surface area (TPSA) is 63.6 Å². The molecule has 0 aliphatic rings. The van der Waals surface area contributed by atoms with Gasteiger partial charge in [-0.05, 0) is 0 Å². The van der Waals surface area contributed by atoms with Gasteiger partial charge in [0.05, 0.1) is 6.08 Å². The predicted molar refractivity (Wildman–Crippen MR) is 28.5 cm³/mol. The van der Waals surface area contributed by atoms with Crippen LogP contribution in [0.25, 0.3) is 0 Å². The number of carbonyl (C=O) groups excluding carboxylic acids is 1. The highest BCUT2D eigenvalue weighted by Gasteiger charge is 1.87. The molecule has 0 spiro atoms. The molecule has 0 fully saturated rings. The van der Waals surface area contributed by atoms with Crippen molar-refractivity contribution in [3.8, 4) is 0 Å². The Morgan fingerprint density at radius 3 is 2.44 bits per heavy atom. The van der Waals surface area contributed by atoms with E-state index < -0.39 is 11.9 Å². The Balaban J connectivity index is 3.48. The van der Waals surface area contributed by atoms with E-state index in [4.69, 9.17) is 5.11 Å². The molecule has 0 aliphatic heterocycles. The van der Waals surface area contributed by atoms with Gasteiger partial charge in [-0.1, -0.05) is 0 Å². The van der Waals surface area contributed by atoms with Crippen LogP contribution in [0.1, 0.15) is 6.92 Å². The molecular formula is C5H6O4. The molecule has 9 heavy (non-hydrogen) atoms. The van der Waals surface area contributed by atoms with Crippen LogP contribution in [0.5, 0.6) is 0 Å². The fraction of sp³-hybridized carbons (Fsp3) is 0.200. The number of hydrogen-bond acceptors (Lipinski definition) is 3. The van der Waals surface area contributed by atoms with Crippen LogP contribution in [-0.4, -0.2) is 17.0 Å². The standard InChI is InChI=1S/C5H6O4/c1-4(6)9-3-2-5(7)8/h2-3H,1H3,(H,7,8)/b3-2+. The Kier molecular flexibility index (Phi) is 3.12. The SMILES string of the molecule is CC(=O)O/C=C/C(=O)O. The molecule has 0 aliphatic carbocycles. The number of esters is 1. The van der Waals surface area contributed by atoms with Gasteiger partial charge in [0.1, 0.15) is 6.26 Å².